The summed E-state index contributed by atoms with van der Waals surface area (Å²) in [6, 6.07) is 21.3. The van der Waals surface area contributed by atoms with Crippen molar-refractivity contribution in [3.8, 4) is 11.4 Å². The number of nitrogens with zero attached hydrogens (tertiary/aromatic N) is 3. The molecule has 0 saturated heterocycles. The van der Waals surface area contributed by atoms with E-state index in [1.165, 1.54) is 24.3 Å². The molecule has 0 bridgehead atoms. The Morgan fingerprint density at radius 3 is 2.39 bits per heavy atom. The van der Waals surface area contributed by atoms with Crippen molar-refractivity contribution in [2.24, 2.45) is 0 Å². The molecule has 0 spiro atoms. The summed E-state index contributed by atoms with van der Waals surface area (Å²) in [6.07, 6.45) is 0. The first-order chi connectivity index (χ1) is 16.0. The van der Waals surface area contributed by atoms with E-state index in [1.54, 1.807) is 24.3 Å². The molecule has 5 nitrogen and oxygen atoms in total. The van der Waals surface area contributed by atoms with Crippen molar-refractivity contribution in [3.63, 3.8) is 0 Å². The second-order valence-electron chi connectivity index (χ2n) is 7.54. The molecule has 33 heavy (non-hydrogen) atoms. The van der Waals surface area contributed by atoms with Crippen LogP contribution in [-0.4, -0.2) is 15.3 Å². The van der Waals surface area contributed by atoms with Gasteiger partial charge >= 0.3 is 0 Å². The molecule has 4 aromatic rings. The molecule has 1 unspecified atom stereocenters. The third-order valence-electron chi connectivity index (χ3n) is 5.42. The molecule has 1 aliphatic heterocycles. The van der Waals surface area contributed by atoms with Gasteiger partial charge in [-0.1, -0.05) is 47.6 Å². The highest BCUT2D eigenvalue weighted by atomic mass is 32.1. The summed E-state index contributed by atoms with van der Waals surface area (Å²) in [5.41, 5.74) is 3.41. The second-order valence-corrected chi connectivity index (χ2v) is 7.93. The van der Waals surface area contributed by atoms with Crippen LogP contribution < -0.4 is 10.2 Å². The first kappa shape index (κ1) is 21.0. The summed E-state index contributed by atoms with van der Waals surface area (Å²) in [5, 5.41) is 7.81. The van der Waals surface area contributed by atoms with E-state index in [0.717, 1.165) is 11.4 Å². The number of allylic oxidation sites excluding steroid dienone is 1. The minimum Gasteiger partial charge on any atom is -0.351 e. The number of aromatic nitrogens is 2. The first-order valence-electron chi connectivity index (χ1n) is 10.2. The van der Waals surface area contributed by atoms with Crippen molar-refractivity contribution in [2.75, 3.05) is 4.90 Å². The molecule has 0 radical (unpaired) electrons. The quantitative estimate of drug-likeness (QED) is 0.384. The fraction of sp³-hybridized carbons (Fsp3) is 0.0800. The fourth-order valence-electron chi connectivity index (χ4n) is 3.92. The number of nitrogens with one attached hydrogen (secondary N) is 1. The summed E-state index contributed by atoms with van der Waals surface area (Å²) in [6.45, 7) is 1.90. The molecule has 0 fully saturated rings. The molecule has 8 heteroatoms. The SMILES string of the molecule is CC1=C(c2nc(-c3cccc(F)c3)no2)C(c2cccc(F)c2)NC(=S)N1c1ccccc1. The highest BCUT2D eigenvalue weighted by molar-refractivity contribution is 7.80. The van der Waals surface area contributed by atoms with Crippen LogP contribution in [0.1, 0.15) is 24.4 Å². The molecule has 2 heterocycles. The zero-order valence-corrected chi connectivity index (χ0v) is 18.3. The van der Waals surface area contributed by atoms with E-state index in [2.05, 4.69) is 15.5 Å². The van der Waals surface area contributed by atoms with Gasteiger partial charge in [-0.2, -0.15) is 4.98 Å². The van der Waals surface area contributed by atoms with Crippen molar-refractivity contribution in [1.82, 2.24) is 15.5 Å². The standard InChI is InChI=1S/C25H18F2N4OS/c1-15-21(24-29-23(30-32-24)17-8-6-10-19(27)14-17)22(16-7-5-9-18(26)13-16)28-25(33)31(15)20-11-3-2-4-12-20/h2-14,22H,1H3,(H,28,33). The minimum atomic E-state index is -0.519. The van der Waals surface area contributed by atoms with Gasteiger partial charge in [-0.15, -0.1) is 0 Å². The zero-order chi connectivity index (χ0) is 22.9. The molecule has 0 saturated carbocycles. The Morgan fingerprint density at radius 1 is 0.939 bits per heavy atom. The van der Waals surface area contributed by atoms with Gasteiger partial charge in [0.2, 0.25) is 5.82 Å². The Bertz CT molecular complexity index is 1370. The Kier molecular flexibility index (Phi) is 5.43. The van der Waals surface area contributed by atoms with Gasteiger partial charge in [-0.05, 0) is 61.1 Å². The second kappa shape index (κ2) is 8.55. The molecule has 1 aliphatic rings. The van der Waals surface area contributed by atoms with E-state index in [-0.39, 0.29) is 17.5 Å². The summed E-state index contributed by atoms with van der Waals surface area (Å²) in [4.78, 5) is 6.41. The number of hydrogen-bond acceptors (Lipinski definition) is 4. The Morgan fingerprint density at radius 2 is 1.67 bits per heavy atom. The van der Waals surface area contributed by atoms with E-state index in [1.807, 2.05) is 42.2 Å². The number of benzene rings is 3. The molecule has 0 aliphatic carbocycles. The maximum Gasteiger partial charge on any atom is 0.258 e. The predicted molar refractivity (Wildman–Crippen MR) is 126 cm³/mol. The van der Waals surface area contributed by atoms with Crippen molar-refractivity contribution in [3.05, 3.63) is 108 Å². The van der Waals surface area contributed by atoms with Crippen LogP contribution in [0, 0.1) is 11.6 Å². The largest absolute Gasteiger partial charge is 0.351 e. The van der Waals surface area contributed by atoms with Gasteiger partial charge in [-0.3, -0.25) is 4.90 Å². The average molecular weight is 461 g/mol. The topological polar surface area (TPSA) is 54.2 Å². The van der Waals surface area contributed by atoms with Crippen LogP contribution in [-0.2, 0) is 0 Å². The average Bonchev–Trinajstić information content (AvgIpc) is 3.29. The lowest BCUT2D eigenvalue weighted by molar-refractivity contribution is 0.404. The molecule has 1 atom stereocenters. The van der Waals surface area contributed by atoms with Crippen LogP contribution in [0.15, 0.2) is 89.1 Å². The van der Waals surface area contributed by atoms with Gasteiger partial charge < -0.3 is 9.84 Å². The predicted octanol–water partition coefficient (Wildman–Crippen LogP) is 5.88. The van der Waals surface area contributed by atoms with E-state index < -0.39 is 11.9 Å². The summed E-state index contributed by atoms with van der Waals surface area (Å²) in [5.74, 6) is -0.278. The van der Waals surface area contributed by atoms with Crippen LogP contribution in [0.25, 0.3) is 17.0 Å². The van der Waals surface area contributed by atoms with Crippen LogP contribution >= 0.6 is 12.2 Å². The summed E-state index contributed by atoms with van der Waals surface area (Å²) in [7, 11) is 0. The lowest BCUT2D eigenvalue weighted by Gasteiger charge is -2.37. The molecule has 164 valence electrons. The van der Waals surface area contributed by atoms with Crippen molar-refractivity contribution < 1.29 is 13.3 Å². The first-order valence-corrected chi connectivity index (χ1v) is 10.6. The monoisotopic (exact) mass is 460 g/mol. The smallest absolute Gasteiger partial charge is 0.258 e. The van der Waals surface area contributed by atoms with Crippen molar-refractivity contribution in [2.45, 2.75) is 13.0 Å². The zero-order valence-electron chi connectivity index (χ0n) is 17.5. The van der Waals surface area contributed by atoms with Crippen LogP contribution in [0.4, 0.5) is 14.5 Å². The third kappa shape index (κ3) is 4.01. The number of hydrogen-bond donors (Lipinski definition) is 1. The Hall–Kier alpha value is -3.91. The lowest BCUT2D eigenvalue weighted by Crippen LogP contribution is -2.46. The van der Waals surface area contributed by atoms with Crippen LogP contribution in [0.5, 0.6) is 0 Å². The van der Waals surface area contributed by atoms with Gasteiger partial charge in [0.1, 0.15) is 11.6 Å². The normalized spacial score (nSPS) is 16.2. The molecule has 1 N–H and O–H groups in total. The molecule has 1 aromatic heterocycles. The van der Waals surface area contributed by atoms with E-state index in [0.29, 0.717) is 21.8 Å². The number of anilines is 1. The summed E-state index contributed by atoms with van der Waals surface area (Å²) >= 11 is 5.67. The van der Waals surface area contributed by atoms with E-state index >= 15 is 0 Å². The molecular weight excluding hydrogens is 442 g/mol. The molecule has 0 amide bonds. The van der Waals surface area contributed by atoms with Gasteiger partial charge in [0, 0.05) is 16.9 Å². The van der Waals surface area contributed by atoms with Gasteiger partial charge in [-0.25, -0.2) is 8.78 Å². The van der Waals surface area contributed by atoms with Gasteiger partial charge in [0.25, 0.3) is 5.89 Å². The minimum absolute atomic E-state index is 0.233. The highest BCUT2D eigenvalue weighted by Gasteiger charge is 2.34. The maximum atomic E-state index is 14.1. The van der Waals surface area contributed by atoms with Gasteiger partial charge in [0.05, 0.1) is 11.6 Å². The Balaban J connectivity index is 1.67. The lowest BCUT2D eigenvalue weighted by atomic mass is 9.94. The van der Waals surface area contributed by atoms with E-state index in [9.17, 15) is 8.78 Å². The van der Waals surface area contributed by atoms with Gasteiger partial charge in [0.15, 0.2) is 5.11 Å². The fourth-order valence-corrected chi connectivity index (χ4v) is 4.28. The number of thiocarbonyl (C=S) groups is 1. The molecule has 5 rings (SSSR count). The molecule has 3 aromatic carbocycles. The Labute approximate surface area is 194 Å². The maximum absolute atomic E-state index is 14.1. The number of halogens is 2. The van der Waals surface area contributed by atoms with E-state index in [4.69, 9.17) is 16.7 Å². The number of rotatable bonds is 4. The third-order valence-corrected chi connectivity index (χ3v) is 5.72. The molecular formula is C25H18F2N4OS. The van der Waals surface area contributed by atoms with Crippen molar-refractivity contribution in [1.29, 1.82) is 0 Å². The number of para-hydroxylation sites is 1. The van der Waals surface area contributed by atoms with Crippen LogP contribution in [0.2, 0.25) is 0 Å². The van der Waals surface area contributed by atoms with Crippen molar-refractivity contribution >= 4 is 28.6 Å². The van der Waals surface area contributed by atoms with Crippen LogP contribution in [0.3, 0.4) is 0 Å². The highest BCUT2D eigenvalue weighted by Crippen LogP contribution is 2.39. The summed E-state index contributed by atoms with van der Waals surface area (Å²) < 4.78 is 33.4.